The van der Waals surface area contributed by atoms with Gasteiger partial charge in [-0.2, -0.15) is 0 Å². The number of carbonyl (C=O) groups excluding carboxylic acids is 1. The first-order valence-electron chi connectivity index (χ1n) is 5.80. The highest BCUT2D eigenvalue weighted by Crippen LogP contribution is 2.26. The van der Waals surface area contributed by atoms with Gasteiger partial charge in [-0.3, -0.25) is 4.79 Å². The van der Waals surface area contributed by atoms with Gasteiger partial charge in [-0.15, -0.1) is 0 Å². The molecule has 0 saturated carbocycles. The zero-order valence-corrected chi connectivity index (χ0v) is 10.9. The van der Waals surface area contributed by atoms with Crippen LogP contribution in [0.5, 0.6) is 11.5 Å². The van der Waals surface area contributed by atoms with Gasteiger partial charge in [0.05, 0.1) is 13.7 Å². The fraction of sp³-hybridized carbons (Fsp3) is 0.462. The van der Waals surface area contributed by atoms with E-state index in [2.05, 4.69) is 0 Å². The van der Waals surface area contributed by atoms with Gasteiger partial charge in [-0.25, -0.2) is 0 Å². The molecule has 0 aliphatic heterocycles. The van der Waals surface area contributed by atoms with Crippen LogP contribution < -0.4 is 4.74 Å². The first-order chi connectivity index (χ1) is 8.51. The van der Waals surface area contributed by atoms with Crippen LogP contribution in [0.2, 0.25) is 0 Å². The number of methoxy groups -OCH3 is 1. The third-order valence-corrected chi connectivity index (χ3v) is 2.65. The minimum atomic E-state index is -0.225. The SMILES string of the molecule is COc1ccc(C(=O)N(CCO)C(C)C)cc1O. The van der Waals surface area contributed by atoms with Crippen LogP contribution in [0.1, 0.15) is 24.2 Å². The number of carbonyl (C=O) groups is 1. The fourth-order valence-electron chi connectivity index (χ4n) is 1.69. The first-order valence-corrected chi connectivity index (χ1v) is 5.80. The van der Waals surface area contributed by atoms with Crippen molar-refractivity contribution in [2.24, 2.45) is 0 Å². The molecule has 0 bridgehead atoms. The van der Waals surface area contributed by atoms with Crippen LogP contribution in [0, 0.1) is 0 Å². The van der Waals surface area contributed by atoms with Gasteiger partial charge in [0.25, 0.3) is 5.91 Å². The summed E-state index contributed by atoms with van der Waals surface area (Å²) in [6, 6.07) is 4.48. The lowest BCUT2D eigenvalue weighted by Crippen LogP contribution is -2.38. The first kappa shape index (κ1) is 14.3. The van der Waals surface area contributed by atoms with E-state index in [4.69, 9.17) is 9.84 Å². The summed E-state index contributed by atoms with van der Waals surface area (Å²) in [7, 11) is 1.45. The molecule has 0 aliphatic rings. The van der Waals surface area contributed by atoms with Crippen LogP contribution in [0.15, 0.2) is 18.2 Å². The second kappa shape index (κ2) is 6.26. The van der Waals surface area contributed by atoms with E-state index in [1.54, 1.807) is 17.0 Å². The molecule has 2 N–H and O–H groups in total. The van der Waals surface area contributed by atoms with Crippen molar-refractivity contribution in [2.75, 3.05) is 20.3 Å². The largest absolute Gasteiger partial charge is 0.504 e. The molecule has 5 nitrogen and oxygen atoms in total. The molecule has 1 aromatic rings. The van der Waals surface area contributed by atoms with Crippen molar-refractivity contribution in [1.82, 2.24) is 4.90 Å². The summed E-state index contributed by atoms with van der Waals surface area (Å²) in [6.45, 7) is 3.92. The second-order valence-corrected chi connectivity index (χ2v) is 4.20. The zero-order valence-electron chi connectivity index (χ0n) is 10.9. The number of amides is 1. The van der Waals surface area contributed by atoms with E-state index in [9.17, 15) is 9.90 Å². The average Bonchev–Trinajstić information content (AvgIpc) is 2.34. The molecule has 0 saturated heterocycles. The summed E-state index contributed by atoms with van der Waals surface area (Å²) in [5.74, 6) is 0.0258. The lowest BCUT2D eigenvalue weighted by atomic mass is 10.1. The number of nitrogens with zero attached hydrogens (tertiary/aromatic N) is 1. The molecule has 0 aromatic heterocycles. The zero-order chi connectivity index (χ0) is 13.7. The van der Waals surface area contributed by atoms with Gasteiger partial charge in [0.1, 0.15) is 0 Å². The van der Waals surface area contributed by atoms with Crippen LogP contribution in [0.4, 0.5) is 0 Å². The lowest BCUT2D eigenvalue weighted by Gasteiger charge is -2.26. The molecule has 18 heavy (non-hydrogen) atoms. The van der Waals surface area contributed by atoms with E-state index in [0.29, 0.717) is 11.3 Å². The maximum Gasteiger partial charge on any atom is 0.254 e. The number of benzene rings is 1. The number of phenols is 1. The van der Waals surface area contributed by atoms with Crippen LogP contribution in [0.25, 0.3) is 0 Å². The second-order valence-electron chi connectivity index (χ2n) is 4.20. The Morgan fingerprint density at radius 3 is 2.56 bits per heavy atom. The number of ether oxygens (including phenoxy) is 1. The molecule has 0 heterocycles. The Morgan fingerprint density at radius 1 is 1.44 bits per heavy atom. The predicted molar refractivity (Wildman–Crippen MR) is 67.9 cm³/mol. The van der Waals surface area contributed by atoms with Crippen molar-refractivity contribution < 1.29 is 19.7 Å². The normalized spacial score (nSPS) is 10.5. The topological polar surface area (TPSA) is 70.0 Å². The molecule has 0 aliphatic carbocycles. The van der Waals surface area contributed by atoms with Gasteiger partial charge in [0.15, 0.2) is 11.5 Å². The highest BCUT2D eigenvalue weighted by Gasteiger charge is 2.19. The molecular weight excluding hydrogens is 234 g/mol. The minimum Gasteiger partial charge on any atom is -0.504 e. The minimum absolute atomic E-state index is 0.0195. The third-order valence-electron chi connectivity index (χ3n) is 2.65. The highest BCUT2D eigenvalue weighted by atomic mass is 16.5. The molecule has 0 atom stereocenters. The van der Waals surface area contributed by atoms with E-state index >= 15 is 0 Å². The van der Waals surface area contributed by atoms with Crippen molar-refractivity contribution in [3.63, 3.8) is 0 Å². The van der Waals surface area contributed by atoms with E-state index in [1.165, 1.54) is 13.2 Å². The summed E-state index contributed by atoms with van der Waals surface area (Å²) in [6.07, 6.45) is 0. The summed E-state index contributed by atoms with van der Waals surface area (Å²) in [5.41, 5.74) is 0.371. The Morgan fingerprint density at radius 2 is 2.11 bits per heavy atom. The maximum absolute atomic E-state index is 12.2. The molecule has 0 fully saturated rings. The molecule has 1 aromatic carbocycles. The van der Waals surface area contributed by atoms with Crippen molar-refractivity contribution >= 4 is 5.91 Å². The standard InChI is InChI=1S/C13H19NO4/c1-9(2)14(6-7-15)13(17)10-4-5-12(18-3)11(16)8-10/h4-5,8-9,15-16H,6-7H2,1-3H3. The van der Waals surface area contributed by atoms with Gasteiger partial charge >= 0.3 is 0 Å². The number of aliphatic hydroxyl groups excluding tert-OH is 1. The van der Waals surface area contributed by atoms with Crippen molar-refractivity contribution in [2.45, 2.75) is 19.9 Å². The number of aliphatic hydroxyl groups is 1. The van der Waals surface area contributed by atoms with E-state index in [0.717, 1.165) is 0 Å². The van der Waals surface area contributed by atoms with E-state index < -0.39 is 0 Å². The van der Waals surface area contributed by atoms with E-state index in [1.807, 2.05) is 13.8 Å². The summed E-state index contributed by atoms with van der Waals surface area (Å²) < 4.78 is 4.92. The number of hydrogen-bond acceptors (Lipinski definition) is 4. The monoisotopic (exact) mass is 253 g/mol. The Labute approximate surface area is 107 Å². The smallest absolute Gasteiger partial charge is 0.254 e. The van der Waals surface area contributed by atoms with Crippen molar-refractivity contribution in [3.05, 3.63) is 23.8 Å². The number of phenolic OH excluding ortho intramolecular Hbond substituents is 1. The van der Waals surface area contributed by atoms with E-state index in [-0.39, 0.29) is 30.9 Å². The molecule has 0 spiro atoms. The van der Waals surface area contributed by atoms with Gasteiger partial charge in [0.2, 0.25) is 0 Å². The maximum atomic E-state index is 12.2. The Hall–Kier alpha value is -1.75. The molecule has 1 rings (SSSR count). The Balaban J connectivity index is 2.98. The van der Waals surface area contributed by atoms with Crippen LogP contribution in [-0.4, -0.2) is 47.3 Å². The van der Waals surface area contributed by atoms with Crippen LogP contribution in [-0.2, 0) is 0 Å². The quantitative estimate of drug-likeness (QED) is 0.828. The predicted octanol–water partition coefficient (Wildman–Crippen LogP) is 1.24. The fourth-order valence-corrected chi connectivity index (χ4v) is 1.69. The third kappa shape index (κ3) is 3.13. The summed E-state index contributed by atoms with van der Waals surface area (Å²) >= 11 is 0. The van der Waals surface area contributed by atoms with Gasteiger partial charge in [-0.05, 0) is 32.0 Å². The van der Waals surface area contributed by atoms with Gasteiger partial charge in [0, 0.05) is 18.2 Å². The number of rotatable bonds is 5. The molecule has 0 unspecified atom stereocenters. The molecule has 0 radical (unpaired) electrons. The van der Waals surface area contributed by atoms with Crippen molar-refractivity contribution in [3.8, 4) is 11.5 Å². The summed E-state index contributed by atoms with van der Waals surface area (Å²) in [5, 5.41) is 18.6. The molecule has 100 valence electrons. The molecule has 5 heteroatoms. The molecular formula is C13H19NO4. The van der Waals surface area contributed by atoms with Gasteiger partial charge in [-0.1, -0.05) is 0 Å². The molecule has 1 amide bonds. The Bertz CT molecular complexity index is 417. The highest BCUT2D eigenvalue weighted by molar-refractivity contribution is 5.95. The number of aromatic hydroxyl groups is 1. The Kier molecular flexibility index (Phi) is 4.97. The van der Waals surface area contributed by atoms with Crippen LogP contribution >= 0.6 is 0 Å². The van der Waals surface area contributed by atoms with Crippen molar-refractivity contribution in [1.29, 1.82) is 0 Å². The van der Waals surface area contributed by atoms with Gasteiger partial charge < -0.3 is 19.8 Å². The average molecular weight is 253 g/mol. The number of hydrogen-bond donors (Lipinski definition) is 2. The van der Waals surface area contributed by atoms with Crippen LogP contribution in [0.3, 0.4) is 0 Å². The summed E-state index contributed by atoms with van der Waals surface area (Å²) in [4.78, 5) is 13.7. The lowest BCUT2D eigenvalue weighted by molar-refractivity contribution is 0.0665.